The normalized spacial score (nSPS) is 16.0. The zero-order chi connectivity index (χ0) is 23.6. The molecule has 1 saturated heterocycles. The van der Waals surface area contributed by atoms with Gasteiger partial charge in [0, 0.05) is 13.1 Å². The molecule has 1 aliphatic heterocycles. The largest absolute Gasteiger partial charge is 0.534 e. The average molecular weight is 467 g/mol. The molecule has 174 valence electrons. The number of carbonyl (C=O) groups is 2. The van der Waals surface area contributed by atoms with Crippen molar-refractivity contribution in [3.8, 4) is 5.75 Å². The highest BCUT2D eigenvalue weighted by molar-refractivity contribution is 7.88. The van der Waals surface area contributed by atoms with Crippen molar-refractivity contribution in [3.63, 3.8) is 0 Å². The van der Waals surface area contributed by atoms with Crippen LogP contribution in [0.5, 0.6) is 5.75 Å². The molecule has 0 spiro atoms. The van der Waals surface area contributed by atoms with Gasteiger partial charge in [-0.2, -0.15) is 21.6 Å². The van der Waals surface area contributed by atoms with E-state index in [1.165, 1.54) is 11.0 Å². The van der Waals surface area contributed by atoms with E-state index in [0.717, 1.165) is 19.2 Å². The van der Waals surface area contributed by atoms with Crippen molar-refractivity contribution in [2.45, 2.75) is 50.6 Å². The van der Waals surface area contributed by atoms with Gasteiger partial charge in [-0.3, -0.25) is 0 Å². The van der Waals surface area contributed by atoms with Gasteiger partial charge in [-0.15, -0.1) is 0 Å². The number of amides is 1. The third kappa shape index (κ3) is 6.49. The van der Waals surface area contributed by atoms with Crippen LogP contribution in [-0.4, -0.2) is 56.7 Å². The Labute approximate surface area is 178 Å². The zero-order valence-electron chi connectivity index (χ0n) is 17.5. The molecule has 8 nitrogen and oxygen atoms in total. The van der Waals surface area contributed by atoms with Crippen LogP contribution >= 0.6 is 0 Å². The average Bonchev–Trinajstić information content (AvgIpc) is 2.64. The predicted octanol–water partition coefficient (Wildman–Crippen LogP) is 3.82. The molecule has 0 radical (unpaired) electrons. The number of carbonyl (C=O) groups excluding carboxylic acids is 2. The van der Waals surface area contributed by atoms with E-state index in [-0.39, 0.29) is 11.5 Å². The Bertz CT molecular complexity index is 931. The Morgan fingerprint density at radius 2 is 1.65 bits per heavy atom. The van der Waals surface area contributed by atoms with Crippen LogP contribution in [0.4, 0.5) is 18.0 Å². The number of ether oxygens (including phenoxy) is 2. The molecule has 0 atom stereocenters. The minimum Gasteiger partial charge on any atom is -0.465 e. The highest BCUT2D eigenvalue weighted by atomic mass is 32.2. The van der Waals surface area contributed by atoms with E-state index in [9.17, 15) is 31.2 Å². The smallest absolute Gasteiger partial charge is 0.465 e. The van der Waals surface area contributed by atoms with Gasteiger partial charge in [0.2, 0.25) is 0 Å². The number of hydrogen-bond acceptors (Lipinski definition) is 7. The molecule has 12 heteroatoms. The molecule has 0 bridgehead atoms. The van der Waals surface area contributed by atoms with Crippen molar-refractivity contribution >= 4 is 22.2 Å². The van der Waals surface area contributed by atoms with Gasteiger partial charge in [0.1, 0.15) is 11.4 Å². The number of hydrogen-bond donors (Lipinski definition) is 0. The number of halogens is 3. The van der Waals surface area contributed by atoms with Gasteiger partial charge in [-0.1, -0.05) is 0 Å². The van der Waals surface area contributed by atoms with Gasteiger partial charge in [0.05, 0.1) is 12.7 Å². The summed E-state index contributed by atoms with van der Waals surface area (Å²) in [5.41, 5.74) is -6.02. The van der Waals surface area contributed by atoms with Crippen LogP contribution in [-0.2, 0) is 19.6 Å². The molecule has 1 amide bonds. The minimum atomic E-state index is -5.91. The van der Waals surface area contributed by atoms with Crippen molar-refractivity contribution in [1.82, 2.24) is 4.90 Å². The van der Waals surface area contributed by atoms with Crippen molar-refractivity contribution in [1.29, 1.82) is 0 Å². The lowest BCUT2D eigenvalue weighted by atomic mass is 9.88. The summed E-state index contributed by atoms with van der Waals surface area (Å²) in [4.78, 5) is 25.6. The molecule has 0 unspecified atom stereocenters. The van der Waals surface area contributed by atoms with Crippen LogP contribution in [0.15, 0.2) is 18.2 Å². The van der Waals surface area contributed by atoms with Crippen LogP contribution in [0.1, 0.15) is 55.5 Å². The lowest BCUT2D eigenvalue weighted by Gasteiger charge is -2.33. The third-order valence-corrected chi connectivity index (χ3v) is 5.44. The Morgan fingerprint density at radius 3 is 2.13 bits per heavy atom. The van der Waals surface area contributed by atoms with Crippen LogP contribution in [0, 0.1) is 0 Å². The fourth-order valence-corrected chi connectivity index (χ4v) is 3.48. The Morgan fingerprint density at radius 1 is 1.06 bits per heavy atom. The van der Waals surface area contributed by atoms with Gasteiger partial charge in [0.25, 0.3) is 0 Å². The second-order valence-electron chi connectivity index (χ2n) is 8.01. The van der Waals surface area contributed by atoms with Crippen LogP contribution in [0.25, 0.3) is 0 Å². The first-order valence-corrected chi connectivity index (χ1v) is 10.8. The van der Waals surface area contributed by atoms with Gasteiger partial charge < -0.3 is 18.6 Å². The summed E-state index contributed by atoms with van der Waals surface area (Å²) < 4.78 is 74.9. The first-order valence-electron chi connectivity index (χ1n) is 9.35. The Hall–Kier alpha value is -2.50. The van der Waals surface area contributed by atoms with E-state index in [2.05, 4.69) is 8.92 Å². The quantitative estimate of drug-likeness (QED) is 0.377. The maximum atomic E-state index is 12.7. The minimum absolute atomic E-state index is 0.151. The lowest BCUT2D eigenvalue weighted by molar-refractivity contribution is -0.0500. The maximum absolute atomic E-state index is 12.7. The molecular formula is C19H24F3NO7S. The second-order valence-corrected chi connectivity index (χ2v) is 9.54. The summed E-state index contributed by atoms with van der Waals surface area (Å²) in [6, 6.07) is 3.42. The predicted molar refractivity (Wildman–Crippen MR) is 103 cm³/mol. The third-order valence-electron chi connectivity index (χ3n) is 4.46. The van der Waals surface area contributed by atoms with E-state index in [1.807, 2.05) is 0 Å². The molecule has 1 aromatic carbocycles. The summed E-state index contributed by atoms with van der Waals surface area (Å²) in [5, 5.41) is 0. The number of alkyl halides is 3. The van der Waals surface area contributed by atoms with Crippen molar-refractivity contribution < 1.29 is 44.8 Å². The lowest BCUT2D eigenvalue weighted by Crippen LogP contribution is -2.41. The van der Waals surface area contributed by atoms with Gasteiger partial charge in [0.15, 0.2) is 0 Å². The molecule has 1 heterocycles. The van der Waals surface area contributed by atoms with Crippen LogP contribution in [0.3, 0.4) is 0 Å². The summed E-state index contributed by atoms with van der Waals surface area (Å²) in [6.07, 6.45) is 0.375. The Kier molecular flexibility index (Phi) is 7.14. The molecule has 0 N–H and O–H groups in total. The summed E-state index contributed by atoms with van der Waals surface area (Å²) in [6.45, 7) is 5.86. The number of methoxy groups -OCH3 is 1. The molecule has 0 aliphatic carbocycles. The maximum Gasteiger partial charge on any atom is 0.534 e. The molecule has 1 fully saturated rings. The van der Waals surface area contributed by atoms with E-state index in [1.54, 1.807) is 20.8 Å². The van der Waals surface area contributed by atoms with E-state index in [4.69, 9.17) is 4.74 Å². The van der Waals surface area contributed by atoms with Gasteiger partial charge in [-0.25, -0.2) is 9.59 Å². The summed E-state index contributed by atoms with van der Waals surface area (Å²) in [5.74, 6) is -1.76. The topological polar surface area (TPSA) is 99.2 Å². The monoisotopic (exact) mass is 467 g/mol. The van der Waals surface area contributed by atoms with E-state index >= 15 is 0 Å². The summed E-state index contributed by atoms with van der Waals surface area (Å²) in [7, 11) is -4.82. The Balaban J connectivity index is 2.25. The standard InChI is InChI=1S/C19H24F3NO7S/c1-18(2,3)29-17(25)23-7-5-12(6-8-23)13-9-14(16(24)28-4)11-15(10-13)30-31(26,27)19(20,21)22/h9-12H,5-8H2,1-4H3. The fraction of sp³-hybridized carbons (Fsp3) is 0.579. The number of likely N-dealkylation sites (tertiary alicyclic amines) is 1. The molecular weight excluding hydrogens is 443 g/mol. The number of benzene rings is 1. The molecule has 31 heavy (non-hydrogen) atoms. The van der Waals surface area contributed by atoms with Crippen molar-refractivity contribution in [3.05, 3.63) is 29.3 Å². The first kappa shape index (κ1) is 24.8. The number of rotatable bonds is 4. The van der Waals surface area contributed by atoms with Crippen LogP contribution < -0.4 is 4.18 Å². The number of piperidine rings is 1. The molecule has 1 aliphatic rings. The molecule has 1 aromatic rings. The molecule has 0 aromatic heterocycles. The van der Waals surface area contributed by atoms with Crippen LogP contribution in [0.2, 0.25) is 0 Å². The molecule has 0 saturated carbocycles. The van der Waals surface area contributed by atoms with Gasteiger partial charge in [-0.05, 0) is 63.3 Å². The zero-order valence-corrected chi connectivity index (χ0v) is 18.3. The van der Waals surface area contributed by atoms with E-state index in [0.29, 0.717) is 31.5 Å². The summed E-state index contributed by atoms with van der Waals surface area (Å²) >= 11 is 0. The SMILES string of the molecule is COC(=O)c1cc(OS(=O)(=O)C(F)(F)F)cc(C2CCN(C(=O)OC(C)(C)C)CC2)c1. The number of nitrogens with zero attached hydrogens (tertiary/aromatic N) is 1. The van der Waals surface area contributed by atoms with Crippen molar-refractivity contribution in [2.75, 3.05) is 20.2 Å². The highest BCUT2D eigenvalue weighted by Gasteiger charge is 2.48. The molecule has 2 rings (SSSR count). The highest BCUT2D eigenvalue weighted by Crippen LogP contribution is 2.34. The van der Waals surface area contributed by atoms with E-state index < -0.39 is 39.0 Å². The fourth-order valence-electron chi connectivity index (χ4n) is 3.04. The van der Waals surface area contributed by atoms with Crippen molar-refractivity contribution in [2.24, 2.45) is 0 Å². The second kappa shape index (κ2) is 8.93. The van der Waals surface area contributed by atoms with Gasteiger partial charge >= 0.3 is 27.7 Å². The first-order chi connectivity index (χ1) is 14.1. The number of esters is 1.